The minimum Gasteiger partial charge on any atom is -0.375 e. The molecule has 5 aromatic rings. The number of H-pyrrole nitrogens is 1. The summed E-state index contributed by atoms with van der Waals surface area (Å²) in [5, 5.41) is 5.27. The number of rotatable bonds is 8. The summed E-state index contributed by atoms with van der Waals surface area (Å²) in [4.78, 5) is 44.2. The van der Waals surface area contributed by atoms with Crippen LogP contribution in [-0.2, 0) is 4.79 Å². The number of ketones is 2. The summed E-state index contributed by atoms with van der Waals surface area (Å²) in [7, 11) is 0. The molecular weight excluding hydrogens is 468 g/mol. The number of carbonyl (C=O) groups excluding carboxylic acids is 2. The molecule has 2 aromatic carbocycles. The van der Waals surface area contributed by atoms with Gasteiger partial charge in [0.05, 0.1) is 18.6 Å². The molecule has 36 heavy (non-hydrogen) atoms. The number of anilines is 3. The molecule has 0 aliphatic carbocycles. The average Bonchev–Trinajstić information content (AvgIpc) is 3.40. The van der Waals surface area contributed by atoms with Crippen LogP contribution in [0.5, 0.6) is 0 Å². The third-order valence-corrected chi connectivity index (χ3v) is 5.35. The van der Waals surface area contributed by atoms with Crippen molar-refractivity contribution in [2.75, 3.05) is 17.2 Å². The maximum Gasteiger partial charge on any atom is 0.230 e. The zero-order chi connectivity index (χ0) is 25.1. The fraction of sp³-hybridized carbons (Fsp3) is 0.0400. The Morgan fingerprint density at radius 3 is 2.58 bits per heavy atom. The number of benzene rings is 2. The highest BCUT2D eigenvalue weighted by atomic mass is 19.1. The number of carbonyl (C=O) groups is 2. The minimum absolute atomic E-state index is 0.136. The second-order valence-electron chi connectivity index (χ2n) is 7.60. The normalized spacial score (nSPS) is 10.8. The van der Waals surface area contributed by atoms with E-state index in [-0.39, 0.29) is 17.1 Å². The first-order valence-corrected chi connectivity index (χ1v) is 10.7. The van der Waals surface area contributed by atoms with Crippen molar-refractivity contribution >= 4 is 39.9 Å². The van der Waals surface area contributed by atoms with Crippen molar-refractivity contribution in [3.05, 3.63) is 90.6 Å². The first-order valence-electron chi connectivity index (χ1n) is 10.7. The number of fused-ring (bicyclic) bond motifs is 1. The van der Waals surface area contributed by atoms with Gasteiger partial charge in [-0.1, -0.05) is 30.3 Å². The van der Waals surface area contributed by atoms with Crippen molar-refractivity contribution in [1.29, 1.82) is 0 Å². The van der Waals surface area contributed by atoms with Crippen molar-refractivity contribution in [2.45, 2.75) is 0 Å². The lowest BCUT2D eigenvalue weighted by Gasteiger charge is -2.15. The molecule has 0 radical (unpaired) electrons. The molecule has 178 valence electrons. The van der Waals surface area contributed by atoms with E-state index in [9.17, 15) is 14.0 Å². The second kappa shape index (κ2) is 9.66. The lowest BCUT2D eigenvalue weighted by Crippen LogP contribution is -2.23. The van der Waals surface area contributed by atoms with Crippen molar-refractivity contribution in [1.82, 2.24) is 24.9 Å². The van der Waals surface area contributed by atoms with Crippen LogP contribution in [0.2, 0.25) is 0 Å². The molecule has 0 aliphatic rings. The molecule has 3 heterocycles. The Kier molecular flexibility index (Phi) is 6.10. The highest BCUT2D eigenvalue weighted by Crippen LogP contribution is 2.33. The van der Waals surface area contributed by atoms with Gasteiger partial charge in [-0.15, -0.1) is 0 Å². The number of Topliss-reactive ketones (excluding diaryl/α,β-unsaturated/α-hetero) is 2. The Balaban J connectivity index is 1.41. The van der Waals surface area contributed by atoms with Crippen LogP contribution in [0.1, 0.15) is 10.4 Å². The Hall–Kier alpha value is -5.06. The van der Waals surface area contributed by atoms with Gasteiger partial charge in [-0.2, -0.15) is 0 Å². The van der Waals surface area contributed by atoms with Gasteiger partial charge in [0.25, 0.3) is 0 Å². The van der Waals surface area contributed by atoms with E-state index < -0.39 is 35.4 Å². The number of hydrogen-bond donors (Lipinski definition) is 3. The molecule has 0 saturated heterocycles. The summed E-state index contributed by atoms with van der Waals surface area (Å²) in [6.07, 6.45) is 4.25. The fourth-order valence-corrected chi connectivity index (χ4v) is 3.59. The lowest BCUT2D eigenvalue weighted by atomic mass is 10.1. The minimum atomic E-state index is -0.985. The predicted molar refractivity (Wildman–Crippen MR) is 129 cm³/mol. The molecule has 11 heteroatoms. The molecule has 0 unspecified atom stereocenters. The molecule has 0 amide bonds. The first kappa shape index (κ1) is 22.7. The maximum absolute atomic E-state index is 15.3. The monoisotopic (exact) mass is 485 g/mol. The Morgan fingerprint density at radius 2 is 1.75 bits per heavy atom. The molecule has 0 atom stereocenters. The maximum atomic E-state index is 15.3. The number of aromatic amines is 1. The molecule has 3 aromatic heterocycles. The van der Waals surface area contributed by atoms with Gasteiger partial charge in [0.1, 0.15) is 34.9 Å². The number of pyridine rings is 1. The molecule has 9 nitrogen and oxygen atoms in total. The number of nitrogens with one attached hydrogen (secondary N) is 3. The van der Waals surface area contributed by atoms with E-state index in [0.29, 0.717) is 22.4 Å². The molecule has 0 saturated carbocycles. The lowest BCUT2D eigenvalue weighted by molar-refractivity contribution is -0.113. The summed E-state index contributed by atoms with van der Waals surface area (Å²) in [5.74, 6) is -3.20. The second-order valence-corrected chi connectivity index (χ2v) is 7.60. The molecule has 0 fully saturated rings. The van der Waals surface area contributed by atoms with Gasteiger partial charge < -0.3 is 15.6 Å². The Labute approximate surface area is 202 Å². The van der Waals surface area contributed by atoms with Gasteiger partial charge in [-0.3, -0.25) is 9.59 Å². The van der Waals surface area contributed by atoms with Gasteiger partial charge >= 0.3 is 0 Å². The van der Waals surface area contributed by atoms with Gasteiger partial charge in [-0.05, 0) is 24.3 Å². The van der Waals surface area contributed by atoms with E-state index in [1.54, 1.807) is 30.3 Å². The number of nitrogens with zero attached hydrogens (tertiary/aromatic N) is 4. The van der Waals surface area contributed by atoms with Crippen molar-refractivity contribution in [3.8, 4) is 11.3 Å². The SMILES string of the molecule is O=C(CNc1ccc(F)c(Nc2ncccc2-c2ncnc3nc[nH]c23)c1F)C(=O)c1ccccc1. The highest BCUT2D eigenvalue weighted by molar-refractivity contribution is 6.44. The van der Waals surface area contributed by atoms with Crippen LogP contribution in [0, 0.1) is 11.6 Å². The third-order valence-electron chi connectivity index (χ3n) is 5.35. The van der Waals surface area contributed by atoms with Gasteiger partial charge in [0.2, 0.25) is 11.6 Å². The van der Waals surface area contributed by atoms with Gasteiger partial charge in [0.15, 0.2) is 11.5 Å². The van der Waals surface area contributed by atoms with Crippen molar-refractivity contribution < 1.29 is 18.4 Å². The number of aromatic nitrogens is 5. The van der Waals surface area contributed by atoms with Crippen LogP contribution in [0.4, 0.5) is 26.0 Å². The predicted octanol–water partition coefficient (Wildman–Crippen LogP) is 4.30. The van der Waals surface area contributed by atoms with Crippen LogP contribution in [0.3, 0.4) is 0 Å². The highest BCUT2D eigenvalue weighted by Gasteiger charge is 2.20. The summed E-state index contributed by atoms with van der Waals surface area (Å²) in [6.45, 7) is -0.469. The van der Waals surface area contributed by atoms with E-state index in [0.717, 1.165) is 12.1 Å². The third kappa shape index (κ3) is 4.37. The number of hydrogen-bond acceptors (Lipinski definition) is 8. The van der Waals surface area contributed by atoms with E-state index in [1.165, 1.54) is 31.0 Å². The van der Waals surface area contributed by atoms with E-state index in [1.807, 2.05) is 0 Å². The van der Waals surface area contributed by atoms with Crippen LogP contribution >= 0.6 is 0 Å². The standard InChI is InChI=1S/C25H17F2N7O2/c26-16-8-9-17(29-11-18(35)23(36)14-5-2-1-3-6-14)19(27)21(16)34-24-15(7-4-10-28-24)20-22-25(32-12-30-20)33-13-31-22/h1-10,12-13,29H,11H2,(H,28,34)(H,30,31,32,33). The molecular formula is C25H17F2N7O2. The van der Waals surface area contributed by atoms with Gasteiger partial charge in [-0.25, -0.2) is 28.7 Å². The molecule has 0 aliphatic heterocycles. The zero-order valence-electron chi connectivity index (χ0n) is 18.5. The van der Waals surface area contributed by atoms with E-state index in [4.69, 9.17) is 0 Å². The summed E-state index contributed by atoms with van der Waals surface area (Å²) >= 11 is 0. The summed E-state index contributed by atoms with van der Waals surface area (Å²) in [6, 6.07) is 13.5. The largest absolute Gasteiger partial charge is 0.375 e. The smallest absolute Gasteiger partial charge is 0.230 e. The Morgan fingerprint density at radius 1 is 0.917 bits per heavy atom. The average molecular weight is 485 g/mol. The van der Waals surface area contributed by atoms with Crippen molar-refractivity contribution in [3.63, 3.8) is 0 Å². The Bertz CT molecular complexity index is 1590. The first-order chi connectivity index (χ1) is 17.5. The number of halogens is 2. The van der Waals surface area contributed by atoms with Gasteiger partial charge in [0, 0.05) is 17.3 Å². The van der Waals surface area contributed by atoms with Crippen LogP contribution in [0.25, 0.3) is 22.4 Å². The van der Waals surface area contributed by atoms with Crippen LogP contribution in [0.15, 0.2) is 73.4 Å². The van der Waals surface area contributed by atoms with Crippen LogP contribution in [-0.4, -0.2) is 43.0 Å². The molecule has 0 bridgehead atoms. The summed E-state index contributed by atoms with van der Waals surface area (Å²) < 4.78 is 30.0. The van der Waals surface area contributed by atoms with Crippen LogP contribution < -0.4 is 10.6 Å². The summed E-state index contributed by atoms with van der Waals surface area (Å²) in [5.41, 5.74) is 1.42. The quantitative estimate of drug-likeness (QED) is 0.219. The molecule has 0 spiro atoms. The zero-order valence-corrected chi connectivity index (χ0v) is 18.5. The van der Waals surface area contributed by atoms with E-state index >= 15 is 4.39 Å². The fourth-order valence-electron chi connectivity index (χ4n) is 3.59. The van der Waals surface area contributed by atoms with E-state index in [2.05, 4.69) is 35.6 Å². The molecule has 5 rings (SSSR count). The number of imidazole rings is 1. The van der Waals surface area contributed by atoms with Crippen molar-refractivity contribution in [2.24, 2.45) is 0 Å². The topological polar surface area (TPSA) is 126 Å². The molecule has 3 N–H and O–H groups in total.